The van der Waals surface area contributed by atoms with Crippen molar-refractivity contribution in [1.29, 1.82) is 0 Å². The first-order valence-electron chi connectivity index (χ1n) is 5.47. The van der Waals surface area contributed by atoms with Crippen molar-refractivity contribution in [2.45, 2.75) is 19.8 Å². The van der Waals surface area contributed by atoms with Crippen LogP contribution in [0.4, 0.5) is 0 Å². The van der Waals surface area contributed by atoms with E-state index in [0.29, 0.717) is 18.1 Å². The molecule has 0 N–H and O–H groups in total. The molecule has 0 amide bonds. The summed E-state index contributed by atoms with van der Waals surface area (Å²) in [6, 6.07) is 7.70. The predicted octanol–water partition coefficient (Wildman–Crippen LogP) is 3.20. The van der Waals surface area contributed by atoms with Crippen molar-refractivity contribution in [3.8, 4) is 0 Å². The Morgan fingerprint density at radius 1 is 1.38 bits per heavy atom. The first kappa shape index (κ1) is 12.7. The molecule has 0 fully saturated rings. The maximum atomic E-state index is 11.6. The van der Waals surface area contributed by atoms with Crippen LogP contribution in [0.25, 0.3) is 0 Å². The lowest BCUT2D eigenvalue weighted by molar-refractivity contribution is 0.0806. The molecule has 1 aromatic rings. The van der Waals surface area contributed by atoms with E-state index in [1.54, 1.807) is 6.08 Å². The molecular weight excluding hydrogens is 200 g/mol. The quantitative estimate of drug-likeness (QED) is 0.416. The van der Waals surface area contributed by atoms with Crippen LogP contribution in [0.1, 0.15) is 35.7 Å². The molecule has 0 aliphatic heterocycles. The van der Waals surface area contributed by atoms with Crippen molar-refractivity contribution in [3.05, 3.63) is 48.0 Å². The monoisotopic (exact) mass is 218 g/mol. The van der Waals surface area contributed by atoms with E-state index in [0.717, 1.165) is 0 Å². The van der Waals surface area contributed by atoms with E-state index in [4.69, 9.17) is 4.74 Å². The number of carbonyl (C=O) groups is 1. The summed E-state index contributed by atoms with van der Waals surface area (Å²) in [6.07, 6.45) is 1.63. The number of hydrogen-bond donors (Lipinski definition) is 0. The van der Waals surface area contributed by atoms with Gasteiger partial charge in [0.1, 0.15) is 6.61 Å². The number of hydrogen-bond acceptors (Lipinski definition) is 2. The lowest BCUT2D eigenvalue weighted by Gasteiger charge is -2.06. The molecule has 0 unspecified atom stereocenters. The van der Waals surface area contributed by atoms with Crippen molar-refractivity contribution >= 4 is 5.78 Å². The zero-order valence-corrected chi connectivity index (χ0v) is 9.90. The van der Waals surface area contributed by atoms with E-state index in [2.05, 4.69) is 20.4 Å². The number of rotatable bonds is 6. The minimum absolute atomic E-state index is 0.0113. The lowest BCUT2D eigenvalue weighted by Crippen LogP contribution is -2.09. The second-order valence-electron chi connectivity index (χ2n) is 4.00. The van der Waals surface area contributed by atoms with Crippen LogP contribution in [-0.4, -0.2) is 19.0 Å². The summed E-state index contributed by atoms with van der Waals surface area (Å²) in [7, 11) is 0. The Balaban J connectivity index is 2.59. The second kappa shape index (κ2) is 6.23. The fourth-order valence-corrected chi connectivity index (χ4v) is 1.37. The van der Waals surface area contributed by atoms with Gasteiger partial charge in [0.05, 0.1) is 6.61 Å². The number of benzene rings is 1. The highest BCUT2D eigenvalue weighted by atomic mass is 16.5. The summed E-state index contributed by atoms with van der Waals surface area (Å²) >= 11 is 0. The molecule has 0 spiro atoms. The third-order valence-electron chi connectivity index (χ3n) is 2.37. The fraction of sp³-hybridized carbons (Fsp3) is 0.357. The van der Waals surface area contributed by atoms with Crippen LogP contribution in [0.2, 0.25) is 0 Å². The minimum Gasteiger partial charge on any atom is -0.369 e. The molecule has 0 radical (unpaired) electrons. The molecule has 1 aromatic carbocycles. The molecule has 2 nitrogen and oxygen atoms in total. The van der Waals surface area contributed by atoms with Gasteiger partial charge in [-0.1, -0.05) is 44.2 Å². The molecule has 1 rings (SSSR count). The number of Topliss-reactive ketones (excluding diaryl/α,β-unsaturated/α-hetero) is 1. The molecule has 0 heterocycles. The van der Waals surface area contributed by atoms with Gasteiger partial charge in [0, 0.05) is 5.56 Å². The van der Waals surface area contributed by atoms with E-state index >= 15 is 0 Å². The highest BCUT2D eigenvalue weighted by molar-refractivity contribution is 5.97. The average Bonchev–Trinajstić information content (AvgIpc) is 2.29. The van der Waals surface area contributed by atoms with E-state index < -0.39 is 0 Å². The molecule has 0 saturated heterocycles. The maximum absolute atomic E-state index is 11.6. The van der Waals surface area contributed by atoms with E-state index in [1.165, 1.54) is 5.56 Å². The van der Waals surface area contributed by atoms with Crippen LogP contribution in [0.15, 0.2) is 36.9 Å². The first-order chi connectivity index (χ1) is 7.65. The standard InChI is InChI=1S/C14H18O2/c1-4-9-16-10-14(15)13-7-5-12(6-8-13)11(2)3/h4-8,11H,1,9-10H2,2-3H3. The summed E-state index contributed by atoms with van der Waals surface area (Å²) in [5.74, 6) is 0.498. The molecule has 2 heteroatoms. The Bertz CT molecular complexity index is 350. The van der Waals surface area contributed by atoms with Gasteiger partial charge in [-0.3, -0.25) is 4.79 Å². The van der Waals surface area contributed by atoms with Crippen molar-refractivity contribution in [1.82, 2.24) is 0 Å². The van der Waals surface area contributed by atoms with Crippen LogP contribution in [0.3, 0.4) is 0 Å². The molecule has 86 valence electrons. The molecule has 0 aromatic heterocycles. The summed E-state index contributed by atoms with van der Waals surface area (Å²) in [6.45, 7) is 8.31. The first-order valence-corrected chi connectivity index (χ1v) is 5.47. The van der Waals surface area contributed by atoms with Gasteiger partial charge in [0.25, 0.3) is 0 Å². The highest BCUT2D eigenvalue weighted by Gasteiger charge is 2.06. The average molecular weight is 218 g/mol. The molecule has 16 heavy (non-hydrogen) atoms. The maximum Gasteiger partial charge on any atom is 0.188 e. The molecular formula is C14H18O2. The van der Waals surface area contributed by atoms with Gasteiger partial charge in [0.15, 0.2) is 5.78 Å². The van der Waals surface area contributed by atoms with Crippen LogP contribution in [0, 0.1) is 0 Å². The number of ether oxygens (including phenoxy) is 1. The van der Waals surface area contributed by atoms with Gasteiger partial charge in [-0.25, -0.2) is 0 Å². The summed E-state index contributed by atoms with van der Waals surface area (Å²) in [4.78, 5) is 11.6. The normalized spacial score (nSPS) is 10.4. The van der Waals surface area contributed by atoms with Crippen molar-refractivity contribution in [2.24, 2.45) is 0 Å². The zero-order valence-electron chi connectivity index (χ0n) is 9.90. The summed E-state index contributed by atoms with van der Waals surface area (Å²) in [5, 5.41) is 0. The molecule has 0 aliphatic carbocycles. The predicted molar refractivity (Wildman–Crippen MR) is 65.9 cm³/mol. The van der Waals surface area contributed by atoms with Crippen molar-refractivity contribution < 1.29 is 9.53 Å². The molecule has 0 bridgehead atoms. The van der Waals surface area contributed by atoms with Gasteiger partial charge >= 0.3 is 0 Å². The van der Waals surface area contributed by atoms with Gasteiger partial charge in [-0.15, -0.1) is 6.58 Å². The minimum atomic E-state index is 0.0113. The third kappa shape index (κ3) is 3.63. The zero-order chi connectivity index (χ0) is 12.0. The second-order valence-corrected chi connectivity index (χ2v) is 4.00. The van der Waals surface area contributed by atoms with Crippen molar-refractivity contribution in [3.63, 3.8) is 0 Å². The topological polar surface area (TPSA) is 26.3 Å². The Morgan fingerprint density at radius 3 is 2.50 bits per heavy atom. The SMILES string of the molecule is C=CCOCC(=O)c1ccc(C(C)C)cc1. The summed E-state index contributed by atoms with van der Waals surface area (Å²) in [5.41, 5.74) is 1.94. The Hall–Kier alpha value is -1.41. The van der Waals surface area contributed by atoms with Gasteiger partial charge in [-0.05, 0) is 11.5 Å². The molecule has 0 atom stereocenters. The highest BCUT2D eigenvalue weighted by Crippen LogP contribution is 2.14. The largest absolute Gasteiger partial charge is 0.369 e. The van der Waals surface area contributed by atoms with Crippen LogP contribution >= 0.6 is 0 Å². The smallest absolute Gasteiger partial charge is 0.188 e. The molecule has 0 aliphatic rings. The van der Waals surface area contributed by atoms with E-state index in [9.17, 15) is 4.79 Å². The van der Waals surface area contributed by atoms with Crippen molar-refractivity contribution in [2.75, 3.05) is 13.2 Å². The third-order valence-corrected chi connectivity index (χ3v) is 2.37. The fourth-order valence-electron chi connectivity index (χ4n) is 1.37. The van der Waals surface area contributed by atoms with Gasteiger partial charge in [-0.2, -0.15) is 0 Å². The number of ketones is 1. The van der Waals surface area contributed by atoms with Crippen LogP contribution in [0.5, 0.6) is 0 Å². The van der Waals surface area contributed by atoms with E-state index in [1.807, 2.05) is 24.3 Å². The Labute approximate surface area is 96.9 Å². The number of carbonyl (C=O) groups excluding carboxylic acids is 1. The van der Waals surface area contributed by atoms with Crippen LogP contribution < -0.4 is 0 Å². The Kier molecular flexibility index (Phi) is 4.93. The van der Waals surface area contributed by atoms with Gasteiger partial charge < -0.3 is 4.74 Å². The molecule has 0 saturated carbocycles. The van der Waals surface area contributed by atoms with Gasteiger partial charge in [0.2, 0.25) is 0 Å². The van der Waals surface area contributed by atoms with Crippen LogP contribution in [-0.2, 0) is 4.74 Å². The Morgan fingerprint density at radius 2 is 2.00 bits per heavy atom. The lowest BCUT2D eigenvalue weighted by atomic mass is 10.0. The summed E-state index contributed by atoms with van der Waals surface area (Å²) < 4.78 is 5.11. The van der Waals surface area contributed by atoms with E-state index in [-0.39, 0.29) is 12.4 Å².